The molecule has 4 amide bonds. The van der Waals surface area contributed by atoms with Gasteiger partial charge in [0.25, 0.3) is 23.6 Å². The van der Waals surface area contributed by atoms with Crippen LogP contribution in [-0.2, 0) is 110 Å². The molecule has 35 heteroatoms. The van der Waals surface area contributed by atoms with Crippen molar-refractivity contribution < 1.29 is 122 Å². The van der Waals surface area contributed by atoms with Crippen LogP contribution in [0.1, 0.15) is 115 Å². The van der Waals surface area contributed by atoms with Gasteiger partial charge in [-0.25, -0.2) is 0 Å². The number of pyridine rings is 2. The van der Waals surface area contributed by atoms with E-state index in [9.17, 15) is 50.3 Å². The molecule has 714 valence electrons. The minimum atomic E-state index is -4.50. The molecule has 0 spiro atoms. The minimum Gasteiger partial charge on any atom is -0.463 e. The summed E-state index contributed by atoms with van der Waals surface area (Å²) in [6.45, 7) is 24.7. The fraction of sp³-hybridized carbons (Fsp3) is 0.469. The summed E-state index contributed by atoms with van der Waals surface area (Å²) in [5.74, 6) is -1.90. The van der Waals surface area contributed by atoms with Crippen LogP contribution in [0.25, 0.3) is 22.5 Å². The molecule has 0 saturated carbocycles. The number of nitrogens with one attached hydrogen (secondary N) is 4. The number of aliphatic hydroxyl groups is 1. The van der Waals surface area contributed by atoms with E-state index in [1.54, 1.807) is 60.7 Å². The zero-order chi connectivity index (χ0) is 93.5. The summed E-state index contributed by atoms with van der Waals surface area (Å²) in [6.07, 6.45) is -4.86. The second kappa shape index (κ2) is 60.6. The molecule has 5 N–H and O–H groups in total. The van der Waals surface area contributed by atoms with Gasteiger partial charge in [-0.3, -0.25) is 38.8 Å². The number of ether oxygens (including phenoxy) is 14. The van der Waals surface area contributed by atoms with E-state index in [0.29, 0.717) is 208 Å². The zero-order valence-corrected chi connectivity index (χ0v) is 75.0. The van der Waals surface area contributed by atoms with E-state index in [1.807, 2.05) is 64.1 Å². The first-order valence-electron chi connectivity index (χ1n) is 44.1. The number of esters is 1. The third-order valence-electron chi connectivity index (χ3n) is 20.1. The van der Waals surface area contributed by atoms with Gasteiger partial charge in [-0.2, -0.15) is 26.3 Å². The molecule has 1 aliphatic rings. The second-order valence-electron chi connectivity index (χ2n) is 29.5. The summed E-state index contributed by atoms with van der Waals surface area (Å²) in [6, 6.07) is 41.3. The van der Waals surface area contributed by atoms with Gasteiger partial charge in [0.15, 0.2) is 0 Å². The van der Waals surface area contributed by atoms with E-state index in [-0.39, 0.29) is 68.4 Å². The van der Waals surface area contributed by atoms with Crippen LogP contribution < -0.4 is 31.1 Å². The van der Waals surface area contributed by atoms with Gasteiger partial charge in [-0.05, 0) is 172 Å². The average Bonchev–Trinajstić information content (AvgIpc) is 0.813. The summed E-state index contributed by atoms with van der Waals surface area (Å²) < 4.78 is 156. The van der Waals surface area contributed by atoms with Gasteiger partial charge in [0.05, 0.1) is 212 Å². The first-order chi connectivity index (χ1) is 63.7. The smallest absolute Gasteiger partial charge is 0.416 e. The number of carbonyl (C=O) groups is 5. The van der Waals surface area contributed by atoms with Gasteiger partial charge in [0.1, 0.15) is 6.61 Å². The van der Waals surface area contributed by atoms with E-state index >= 15 is 0 Å². The van der Waals surface area contributed by atoms with Gasteiger partial charge >= 0.3 is 18.3 Å². The standard InChI is InChI=1S/C52H68F3N5O11.C44H55F3N4O9/c1-3-60(4-2)45-13-14-47(46(37-45)48-36-43(15-16-56-48)50(62)57-38-40-8-6-11-44(35-40)52(53,54)55)58-51(63)42-10-5-9-41(34-42)39-70-31-30-68-27-26-66-23-22-65-24-25-67-28-29-69-32-33-71-49(61)12-7-17-59-18-20-64-21-19-59;1-3-51(4-2)38-11-12-40(39(30-38)41-29-36(13-14-48-41)42(53)49-31-33-7-6-10-37(28-33)44(45,46)47)50-43(54)35-9-5-8-34(27-35)32-60-26-25-59-24-23-58-22-21-57-20-19-56-18-17-55-16-15-52/h5-6,8-11,13-16,34-37H,3-4,7,12,17-33,38-39H2,1-2H3,(H,57,62)(H,58,63);5-14,27-30,52H,3-4,15-26,31-32H2,1-2H3,(H,49,53)(H,50,54). The van der Waals surface area contributed by atoms with Crippen molar-refractivity contribution >= 4 is 52.3 Å². The minimum absolute atomic E-state index is 0.00457. The lowest BCUT2D eigenvalue weighted by atomic mass is 10.0. The van der Waals surface area contributed by atoms with Crippen LogP contribution in [0.2, 0.25) is 0 Å². The Morgan fingerprint density at radius 3 is 1.11 bits per heavy atom. The fourth-order valence-corrected chi connectivity index (χ4v) is 13.2. The van der Waals surface area contributed by atoms with E-state index in [4.69, 9.17) is 71.4 Å². The highest BCUT2D eigenvalue weighted by Gasteiger charge is 2.32. The third-order valence-corrected chi connectivity index (χ3v) is 20.1. The SMILES string of the molecule is CCN(CC)c1ccc(NC(=O)c2cccc(COCCOCCOCCOCCOCCOCCO)c2)c(-c2cc(C(=O)NCc3cccc(C(F)(F)F)c3)ccn2)c1.CCN(CC)c1ccc(NC(=O)c2cccc(COCCOCCOCCOCCOCCOCCOC(=O)CCCN3CCOCC3)c2)c(-c2cc(C(=O)NCc3cccc(C(F)(F)F)c3)ccn2)c1. The summed E-state index contributed by atoms with van der Waals surface area (Å²) in [5.41, 5.74) is 6.68. The van der Waals surface area contributed by atoms with Gasteiger partial charge in [-0.1, -0.05) is 48.5 Å². The van der Waals surface area contributed by atoms with Crippen molar-refractivity contribution in [2.75, 3.05) is 238 Å². The number of rotatable bonds is 61. The predicted molar refractivity (Wildman–Crippen MR) is 483 cm³/mol. The number of hydrogen-bond acceptors (Lipinski definition) is 25. The highest BCUT2D eigenvalue weighted by atomic mass is 19.4. The Hall–Kier alpha value is -10.5. The normalized spacial score (nSPS) is 12.3. The summed E-state index contributed by atoms with van der Waals surface area (Å²) in [5, 5.41) is 20.1. The molecule has 0 radical (unpaired) electrons. The van der Waals surface area contributed by atoms with Crippen LogP contribution in [0.5, 0.6) is 0 Å². The van der Waals surface area contributed by atoms with Crippen molar-refractivity contribution in [1.82, 2.24) is 25.5 Å². The van der Waals surface area contributed by atoms with Crippen molar-refractivity contribution in [3.05, 3.63) is 226 Å². The molecule has 131 heavy (non-hydrogen) atoms. The molecule has 1 saturated heterocycles. The van der Waals surface area contributed by atoms with E-state index in [1.165, 1.54) is 48.8 Å². The first kappa shape index (κ1) is 106. The number of hydrogen-bond donors (Lipinski definition) is 5. The van der Waals surface area contributed by atoms with Crippen molar-refractivity contribution in [3.8, 4) is 22.5 Å². The van der Waals surface area contributed by atoms with E-state index in [0.717, 1.165) is 112 Å². The molecule has 1 aliphatic heterocycles. The quantitative estimate of drug-likeness (QED) is 0.0134. The number of morpholine rings is 1. The highest BCUT2D eigenvalue weighted by Crippen LogP contribution is 2.36. The lowest BCUT2D eigenvalue weighted by Crippen LogP contribution is -2.37. The number of alkyl halides is 6. The Morgan fingerprint density at radius 1 is 0.397 bits per heavy atom. The molecule has 0 unspecified atom stereocenters. The Kier molecular flexibility index (Phi) is 49.0. The number of aliphatic hydroxyl groups excluding tert-OH is 1. The topological polar surface area (TPSA) is 318 Å². The summed E-state index contributed by atoms with van der Waals surface area (Å²) >= 11 is 0. The van der Waals surface area contributed by atoms with Crippen molar-refractivity contribution in [2.45, 2.75) is 79.2 Å². The van der Waals surface area contributed by atoms with Crippen LogP contribution in [0, 0.1) is 0 Å². The van der Waals surface area contributed by atoms with Gasteiger partial charge in [0, 0.05) is 116 Å². The van der Waals surface area contributed by atoms with Crippen LogP contribution >= 0.6 is 0 Å². The fourth-order valence-electron chi connectivity index (χ4n) is 13.2. The Labute approximate surface area is 761 Å². The van der Waals surface area contributed by atoms with E-state index in [2.05, 4.69) is 45.9 Å². The molecule has 9 rings (SSSR count). The third kappa shape index (κ3) is 40.3. The molecule has 0 atom stereocenters. The summed E-state index contributed by atoms with van der Waals surface area (Å²) in [7, 11) is 0. The van der Waals surface area contributed by atoms with Crippen LogP contribution in [0.4, 0.5) is 49.1 Å². The number of carbonyl (C=O) groups excluding carboxylic acids is 5. The lowest BCUT2D eigenvalue weighted by Gasteiger charge is -2.26. The molecular weight excluding hydrogens is 1710 g/mol. The molecule has 0 aliphatic carbocycles. The number of benzene rings is 6. The number of amides is 4. The zero-order valence-electron chi connectivity index (χ0n) is 75.0. The predicted octanol–water partition coefficient (Wildman–Crippen LogP) is 13.4. The number of anilines is 4. The molecule has 29 nitrogen and oxygen atoms in total. The Balaban J connectivity index is 0.000000328. The van der Waals surface area contributed by atoms with Crippen molar-refractivity contribution in [2.24, 2.45) is 0 Å². The number of halogens is 6. The average molecular weight is 1840 g/mol. The first-order valence-corrected chi connectivity index (χ1v) is 44.1. The van der Waals surface area contributed by atoms with Crippen LogP contribution in [0.15, 0.2) is 170 Å². The molecule has 1 fully saturated rings. The molecule has 2 aromatic heterocycles. The highest BCUT2D eigenvalue weighted by molar-refractivity contribution is 6.08. The molecular formula is C96H123F6N9O20. The summed E-state index contributed by atoms with van der Waals surface area (Å²) in [4.78, 5) is 81.3. The molecule has 0 bridgehead atoms. The number of aromatic nitrogens is 2. The monoisotopic (exact) mass is 1840 g/mol. The van der Waals surface area contributed by atoms with Crippen LogP contribution in [-0.4, -0.2) is 267 Å². The van der Waals surface area contributed by atoms with Crippen molar-refractivity contribution in [1.29, 1.82) is 0 Å². The van der Waals surface area contributed by atoms with Gasteiger partial charge in [-0.15, -0.1) is 0 Å². The molecule has 6 aromatic carbocycles. The molecule has 8 aromatic rings. The van der Waals surface area contributed by atoms with Gasteiger partial charge < -0.3 is 102 Å². The van der Waals surface area contributed by atoms with Crippen molar-refractivity contribution in [3.63, 3.8) is 0 Å². The largest absolute Gasteiger partial charge is 0.463 e. The van der Waals surface area contributed by atoms with Gasteiger partial charge in [0.2, 0.25) is 0 Å². The van der Waals surface area contributed by atoms with Crippen LogP contribution in [0.3, 0.4) is 0 Å². The maximum absolute atomic E-state index is 13.7. The number of nitrogens with zero attached hydrogens (tertiary/aromatic N) is 5. The Bertz CT molecular complexity index is 4680. The Morgan fingerprint density at radius 2 is 0.740 bits per heavy atom. The second-order valence-corrected chi connectivity index (χ2v) is 29.5. The molecule has 3 heterocycles. The lowest BCUT2D eigenvalue weighted by molar-refractivity contribution is -0.145. The maximum atomic E-state index is 13.7. The maximum Gasteiger partial charge on any atom is 0.416 e. The van der Waals surface area contributed by atoms with E-state index < -0.39 is 35.3 Å².